The number of hydrogen-bond acceptors (Lipinski definition) is 10. The number of aliphatic hydroxyl groups excluding tert-OH is 1. The summed E-state index contributed by atoms with van der Waals surface area (Å²) in [6.45, 7) is -0.512. The van der Waals surface area contributed by atoms with Gasteiger partial charge in [0.15, 0.2) is 5.96 Å². The second-order valence-corrected chi connectivity index (χ2v) is 10.4. The third-order valence-corrected chi connectivity index (χ3v) is 7.23. The van der Waals surface area contributed by atoms with Gasteiger partial charge in [-0.15, -0.1) is 0 Å². The van der Waals surface area contributed by atoms with Crippen molar-refractivity contribution in [2.45, 2.75) is 75.2 Å². The first kappa shape index (κ1) is 35.7. The largest absolute Gasteiger partial charge is 0.481 e. The van der Waals surface area contributed by atoms with E-state index in [0.29, 0.717) is 19.4 Å². The number of nitrogens with one attached hydrogen (secondary N) is 3. The van der Waals surface area contributed by atoms with Crippen molar-refractivity contribution in [1.29, 1.82) is 0 Å². The highest BCUT2D eigenvalue weighted by atomic mass is 16.4. The smallest absolute Gasteiger partial charge is 0.326 e. The van der Waals surface area contributed by atoms with Crippen LogP contribution >= 0.6 is 0 Å². The average Bonchev–Trinajstić information content (AvgIpc) is 3.61. The zero-order valence-electron chi connectivity index (χ0n) is 24.1. The number of carbonyl (C=O) groups is 7. The number of guanidine groups is 1. The van der Waals surface area contributed by atoms with Crippen molar-refractivity contribution >= 4 is 47.4 Å². The van der Waals surface area contributed by atoms with Crippen molar-refractivity contribution in [3.8, 4) is 0 Å². The zero-order chi connectivity index (χ0) is 33.0. The SMILES string of the molecule is NCC(=O)N1CCC[C@H]1C(=O)N1CC[C@H](O)[C@H]1C(=O)NCC(=O)N[C@@H](CCC(=O)O)C(=O)N[C@@H](CCCN=C(N)N)C(=O)O. The molecule has 2 heterocycles. The van der Waals surface area contributed by atoms with Gasteiger partial charge in [-0.1, -0.05) is 0 Å². The summed E-state index contributed by atoms with van der Waals surface area (Å²) in [5, 5.41) is 35.8. The Bertz CT molecular complexity index is 1130. The molecule has 2 aliphatic rings. The number of aliphatic imine (C=N–C) groups is 1. The van der Waals surface area contributed by atoms with E-state index in [-0.39, 0.29) is 51.3 Å². The minimum Gasteiger partial charge on any atom is -0.481 e. The van der Waals surface area contributed by atoms with Gasteiger partial charge in [-0.25, -0.2) is 4.79 Å². The van der Waals surface area contributed by atoms with E-state index in [1.807, 2.05) is 0 Å². The summed E-state index contributed by atoms with van der Waals surface area (Å²) in [6, 6.07) is -5.01. The molecule has 0 bridgehead atoms. The molecule has 44 heavy (non-hydrogen) atoms. The third-order valence-electron chi connectivity index (χ3n) is 7.23. The summed E-state index contributed by atoms with van der Waals surface area (Å²) in [7, 11) is 0. The molecule has 0 unspecified atom stereocenters. The van der Waals surface area contributed by atoms with E-state index >= 15 is 0 Å². The molecule has 0 spiro atoms. The summed E-state index contributed by atoms with van der Waals surface area (Å²) < 4.78 is 0. The summed E-state index contributed by atoms with van der Waals surface area (Å²) in [5.41, 5.74) is 15.9. The first-order valence-corrected chi connectivity index (χ1v) is 14.1. The second kappa shape index (κ2) is 16.9. The van der Waals surface area contributed by atoms with E-state index in [1.54, 1.807) is 0 Å². The van der Waals surface area contributed by atoms with E-state index in [4.69, 9.17) is 22.3 Å². The van der Waals surface area contributed by atoms with Gasteiger partial charge in [-0.05, 0) is 38.5 Å². The molecule has 0 aromatic heterocycles. The Kier molecular flexibility index (Phi) is 13.7. The van der Waals surface area contributed by atoms with E-state index in [2.05, 4.69) is 20.9 Å². The number of rotatable bonds is 16. The van der Waals surface area contributed by atoms with E-state index in [9.17, 15) is 43.8 Å². The minimum absolute atomic E-state index is 0.0412. The number of amides is 5. The monoisotopic (exact) mass is 627 g/mol. The molecule has 0 aromatic rings. The number of likely N-dealkylation sites (tertiary alicyclic amines) is 2. The van der Waals surface area contributed by atoms with Gasteiger partial charge in [0.25, 0.3) is 0 Å². The van der Waals surface area contributed by atoms with Crippen LogP contribution in [0.5, 0.6) is 0 Å². The van der Waals surface area contributed by atoms with Crippen molar-refractivity contribution in [3.63, 3.8) is 0 Å². The Morgan fingerprint density at radius 1 is 0.932 bits per heavy atom. The fraction of sp³-hybridized carbons (Fsp3) is 0.680. The van der Waals surface area contributed by atoms with Gasteiger partial charge < -0.3 is 58.3 Å². The molecule has 5 amide bonds. The number of nitrogens with two attached hydrogens (primary N) is 3. The van der Waals surface area contributed by atoms with Crippen LogP contribution < -0.4 is 33.2 Å². The Hall–Kier alpha value is -4.52. The van der Waals surface area contributed by atoms with Gasteiger partial charge in [0, 0.05) is 26.1 Å². The van der Waals surface area contributed by atoms with Crippen molar-refractivity contribution in [1.82, 2.24) is 25.8 Å². The number of carboxylic acid groups (broad SMARTS) is 2. The lowest BCUT2D eigenvalue weighted by molar-refractivity contribution is -0.147. The van der Waals surface area contributed by atoms with Crippen LogP contribution in [0.1, 0.15) is 44.9 Å². The van der Waals surface area contributed by atoms with E-state index in [1.165, 1.54) is 4.90 Å². The lowest BCUT2D eigenvalue weighted by atomic mass is 10.1. The summed E-state index contributed by atoms with van der Waals surface area (Å²) >= 11 is 0. The van der Waals surface area contributed by atoms with E-state index < -0.39 is 84.7 Å². The van der Waals surface area contributed by atoms with Crippen molar-refractivity contribution in [2.75, 3.05) is 32.7 Å². The molecule has 12 N–H and O–H groups in total. The summed E-state index contributed by atoms with van der Waals surface area (Å²) in [6.07, 6.45) is -1.01. The molecule has 2 fully saturated rings. The molecule has 2 rings (SSSR count). The van der Waals surface area contributed by atoms with Crippen molar-refractivity contribution in [2.24, 2.45) is 22.2 Å². The molecule has 246 valence electrons. The predicted molar refractivity (Wildman–Crippen MR) is 151 cm³/mol. The molecule has 2 saturated heterocycles. The quantitative estimate of drug-likeness (QED) is 0.0440. The highest BCUT2D eigenvalue weighted by Gasteiger charge is 2.45. The maximum absolute atomic E-state index is 13.2. The Balaban J connectivity index is 2.02. The van der Waals surface area contributed by atoms with Crippen LogP contribution in [0.2, 0.25) is 0 Å². The highest BCUT2D eigenvalue weighted by molar-refractivity contribution is 5.96. The molecule has 0 saturated carbocycles. The number of nitrogens with zero attached hydrogens (tertiary/aromatic N) is 3. The predicted octanol–water partition coefficient (Wildman–Crippen LogP) is -5.01. The van der Waals surface area contributed by atoms with Crippen LogP contribution in [0.4, 0.5) is 0 Å². The van der Waals surface area contributed by atoms with Gasteiger partial charge in [0.2, 0.25) is 29.5 Å². The maximum Gasteiger partial charge on any atom is 0.326 e. The van der Waals surface area contributed by atoms with Crippen LogP contribution in [0, 0.1) is 0 Å². The standard InChI is InChI=1S/C25H41N9O10/c26-11-18(37)33-9-2-4-15(33)23(42)34-10-7-16(35)20(34)22(41)30-12-17(36)31-13(5-6-19(38)39)21(40)32-14(24(43)44)3-1-8-29-25(27)28/h13-16,20,35H,1-12,26H2,(H,30,41)(H,31,36)(H,32,40)(H,38,39)(H,43,44)(H4,27,28,29)/t13-,14-,15-,16-,20-/m0/s1. The van der Waals surface area contributed by atoms with Crippen molar-refractivity contribution in [3.05, 3.63) is 0 Å². The van der Waals surface area contributed by atoms with Crippen LogP contribution in [0.25, 0.3) is 0 Å². The molecule has 19 heteroatoms. The van der Waals surface area contributed by atoms with Gasteiger partial charge in [0.05, 0.1) is 19.2 Å². The fourth-order valence-corrected chi connectivity index (χ4v) is 5.06. The van der Waals surface area contributed by atoms with Crippen LogP contribution in [-0.4, -0.2) is 136 Å². The number of aliphatic hydroxyl groups is 1. The minimum atomic E-state index is -1.46. The molecular weight excluding hydrogens is 586 g/mol. The molecular formula is C25H41N9O10. The zero-order valence-corrected chi connectivity index (χ0v) is 24.1. The average molecular weight is 628 g/mol. The summed E-state index contributed by atoms with van der Waals surface area (Å²) in [4.78, 5) is 92.8. The first-order valence-electron chi connectivity index (χ1n) is 14.1. The normalized spacial score (nSPS) is 20.7. The van der Waals surface area contributed by atoms with Gasteiger partial charge in [0.1, 0.15) is 24.2 Å². The molecule has 5 atom stereocenters. The fourth-order valence-electron chi connectivity index (χ4n) is 5.06. The van der Waals surface area contributed by atoms with Crippen LogP contribution in [0.3, 0.4) is 0 Å². The van der Waals surface area contributed by atoms with Crippen LogP contribution in [0.15, 0.2) is 4.99 Å². The number of aliphatic carboxylic acids is 2. The second-order valence-electron chi connectivity index (χ2n) is 10.4. The molecule has 0 aromatic carbocycles. The summed E-state index contributed by atoms with van der Waals surface area (Å²) in [5.74, 6) is -6.51. The number of hydrogen-bond donors (Lipinski definition) is 9. The van der Waals surface area contributed by atoms with Crippen LogP contribution in [-0.2, 0) is 33.6 Å². The van der Waals surface area contributed by atoms with Crippen molar-refractivity contribution < 1.29 is 48.9 Å². The third kappa shape index (κ3) is 10.3. The molecule has 0 aliphatic carbocycles. The lowest BCUT2D eigenvalue weighted by Gasteiger charge is -2.31. The highest BCUT2D eigenvalue weighted by Crippen LogP contribution is 2.25. The molecule has 2 aliphatic heterocycles. The topological polar surface area (TPSA) is 313 Å². The van der Waals surface area contributed by atoms with Gasteiger partial charge in [-0.3, -0.25) is 33.8 Å². The molecule has 0 radical (unpaired) electrons. The maximum atomic E-state index is 13.2. The van der Waals surface area contributed by atoms with E-state index in [0.717, 1.165) is 4.90 Å². The lowest BCUT2D eigenvalue weighted by Crippen LogP contribution is -2.57. The Labute approximate surface area is 252 Å². The Morgan fingerprint density at radius 2 is 1.64 bits per heavy atom. The molecule has 19 nitrogen and oxygen atoms in total. The number of carbonyl (C=O) groups excluding carboxylic acids is 5. The number of carboxylic acids is 2. The van der Waals surface area contributed by atoms with Gasteiger partial charge >= 0.3 is 11.9 Å². The first-order chi connectivity index (χ1) is 20.8. The Morgan fingerprint density at radius 3 is 2.25 bits per heavy atom. The van der Waals surface area contributed by atoms with Gasteiger partial charge in [-0.2, -0.15) is 0 Å².